The smallest absolute Gasteiger partial charge is 0.344 e. The summed E-state index contributed by atoms with van der Waals surface area (Å²) in [5.41, 5.74) is 0.487. The van der Waals surface area contributed by atoms with Crippen molar-refractivity contribution in [3.05, 3.63) is 87.5 Å². The Bertz CT molecular complexity index is 1260. The SMILES string of the molecule is O=C(COc1ccc2c(c1)oc(=O)c1ccccc12)NCc1cc(F)cc(Cl)c1. The second-order valence-electron chi connectivity index (χ2n) is 6.44. The van der Waals surface area contributed by atoms with Gasteiger partial charge >= 0.3 is 5.63 Å². The number of ether oxygens (including phenoxy) is 1. The van der Waals surface area contributed by atoms with Gasteiger partial charge in [-0.2, -0.15) is 0 Å². The van der Waals surface area contributed by atoms with Crippen molar-refractivity contribution in [3.8, 4) is 5.75 Å². The van der Waals surface area contributed by atoms with Crippen LogP contribution in [-0.4, -0.2) is 12.5 Å². The first-order chi connectivity index (χ1) is 14.0. The number of benzene rings is 3. The molecule has 0 bridgehead atoms. The second-order valence-corrected chi connectivity index (χ2v) is 6.87. The first-order valence-electron chi connectivity index (χ1n) is 8.80. The van der Waals surface area contributed by atoms with E-state index >= 15 is 0 Å². The number of amides is 1. The lowest BCUT2D eigenvalue weighted by atomic mass is 10.1. The number of hydrogen-bond donors (Lipinski definition) is 1. The van der Waals surface area contributed by atoms with Gasteiger partial charge in [-0.25, -0.2) is 9.18 Å². The van der Waals surface area contributed by atoms with E-state index in [0.717, 1.165) is 10.8 Å². The van der Waals surface area contributed by atoms with Crippen LogP contribution in [0.3, 0.4) is 0 Å². The van der Waals surface area contributed by atoms with Gasteiger partial charge in [-0.3, -0.25) is 4.79 Å². The second kappa shape index (κ2) is 7.93. The maximum atomic E-state index is 13.3. The van der Waals surface area contributed by atoms with Gasteiger partial charge in [0.1, 0.15) is 17.1 Å². The number of fused-ring (bicyclic) bond motifs is 3. The Morgan fingerprint density at radius 2 is 1.83 bits per heavy atom. The van der Waals surface area contributed by atoms with Crippen molar-refractivity contribution < 1.29 is 18.3 Å². The largest absolute Gasteiger partial charge is 0.484 e. The fourth-order valence-electron chi connectivity index (χ4n) is 3.06. The predicted molar refractivity (Wildman–Crippen MR) is 109 cm³/mol. The Balaban J connectivity index is 1.44. The van der Waals surface area contributed by atoms with Crippen LogP contribution in [0.15, 0.2) is 69.9 Å². The molecule has 0 aliphatic carbocycles. The Morgan fingerprint density at radius 1 is 1.03 bits per heavy atom. The van der Waals surface area contributed by atoms with Crippen molar-refractivity contribution in [1.29, 1.82) is 0 Å². The van der Waals surface area contributed by atoms with Crippen LogP contribution in [0.25, 0.3) is 21.7 Å². The van der Waals surface area contributed by atoms with E-state index in [1.807, 2.05) is 12.1 Å². The zero-order chi connectivity index (χ0) is 20.4. The highest BCUT2D eigenvalue weighted by atomic mass is 35.5. The third kappa shape index (κ3) is 4.22. The van der Waals surface area contributed by atoms with Crippen LogP contribution in [0.4, 0.5) is 4.39 Å². The number of rotatable bonds is 5. The monoisotopic (exact) mass is 411 g/mol. The molecule has 0 saturated carbocycles. The van der Waals surface area contributed by atoms with Gasteiger partial charge in [0.2, 0.25) is 0 Å². The number of carbonyl (C=O) groups excluding carboxylic acids is 1. The minimum Gasteiger partial charge on any atom is -0.484 e. The van der Waals surface area contributed by atoms with E-state index in [1.54, 1.807) is 36.4 Å². The summed E-state index contributed by atoms with van der Waals surface area (Å²) in [5.74, 6) is -0.464. The summed E-state index contributed by atoms with van der Waals surface area (Å²) in [6.45, 7) is -0.120. The fourth-order valence-corrected chi connectivity index (χ4v) is 3.31. The Hall–Kier alpha value is -3.38. The van der Waals surface area contributed by atoms with Gasteiger partial charge in [0.05, 0.1) is 5.39 Å². The lowest BCUT2D eigenvalue weighted by molar-refractivity contribution is -0.123. The summed E-state index contributed by atoms with van der Waals surface area (Å²) in [4.78, 5) is 24.1. The van der Waals surface area contributed by atoms with Gasteiger partial charge in [-0.1, -0.05) is 29.8 Å². The normalized spacial score (nSPS) is 11.0. The summed E-state index contributed by atoms with van der Waals surface area (Å²) in [6.07, 6.45) is 0. The molecule has 1 heterocycles. The maximum absolute atomic E-state index is 13.3. The lowest BCUT2D eigenvalue weighted by Crippen LogP contribution is -2.28. The van der Waals surface area contributed by atoms with E-state index in [2.05, 4.69) is 5.32 Å². The van der Waals surface area contributed by atoms with Gasteiger partial charge in [0, 0.05) is 23.0 Å². The Labute approximate surface area is 169 Å². The van der Waals surface area contributed by atoms with Crippen LogP contribution < -0.4 is 15.7 Å². The zero-order valence-electron chi connectivity index (χ0n) is 15.1. The van der Waals surface area contributed by atoms with Crippen LogP contribution >= 0.6 is 11.6 Å². The van der Waals surface area contributed by atoms with Crippen LogP contribution in [0.2, 0.25) is 5.02 Å². The molecule has 4 rings (SSSR count). The molecule has 0 aliphatic rings. The molecule has 4 aromatic rings. The number of nitrogens with one attached hydrogen (secondary N) is 1. The highest BCUT2D eigenvalue weighted by Crippen LogP contribution is 2.26. The third-order valence-corrected chi connectivity index (χ3v) is 4.59. The first kappa shape index (κ1) is 19.0. The molecular formula is C22H15ClFNO4. The Kier molecular flexibility index (Phi) is 5.18. The van der Waals surface area contributed by atoms with Crippen molar-refractivity contribution >= 4 is 39.2 Å². The lowest BCUT2D eigenvalue weighted by Gasteiger charge is -2.09. The quantitative estimate of drug-likeness (QED) is 0.389. The highest BCUT2D eigenvalue weighted by Gasteiger charge is 2.09. The summed E-state index contributed by atoms with van der Waals surface area (Å²) in [7, 11) is 0. The summed E-state index contributed by atoms with van der Waals surface area (Å²) < 4.78 is 24.2. The molecule has 0 spiro atoms. The maximum Gasteiger partial charge on any atom is 0.344 e. The van der Waals surface area contributed by atoms with Gasteiger partial charge in [0.25, 0.3) is 5.91 Å². The van der Waals surface area contributed by atoms with Crippen molar-refractivity contribution in [1.82, 2.24) is 5.32 Å². The van der Waals surface area contributed by atoms with E-state index in [0.29, 0.717) is 22.3 Å². The number of hydrogen-bond acceptors (Lipinski definition) is 4. The van der Waals surface area contributed by atoms with Gasteiger partial charge in [-0.15, -0.1) is 0 Å². The van der Waals surface area contributed by atoms with Crippen LogP contribution in [0.1, 0.15) is 5.56 Å². The summed E-state index contributed by atoms with van der Waals surface area (Å²) in [5, 5.41) is 4.96. The topological polar surface area (TPSA) is 68.5 Å². The molecule has 146 valence electrons. The van der Waals surface area contributed by atoms with Gasteiger partial charge in [0.15, 0.2) is 6.61 Å². The molecule has 3 aromatic carbocycles. The molecule has 0 saturated heterocycles. The van der Waals surface area contributed by atoms with Crippen LogP contribution in [0.5, 0.6) is 5.75 Å². The van der Waals surface area contributed by atoms with E-state index in [1.165, 1.54) is 12.1 Å². The van der Waals surface area contributed by atoms with Crippen LogP contribution in [0, 0.1) is 5.82 Å². The first-order valence-corrected chi connectivity index (χ1v) is 9.17. The van der Waals surface area contributed by atoms with Crippen molar-refractivity contribution in [3.63, 3.8) is 0 Å². The summed E-state index contributed by atoms with van der Waals surface area (Å²) in [6, 6.07) is 16.3. The molecule has 29 heavy (non-hydrogen) atoms. The van der Waals surface area contributed by atoms with Crippen molar-refractivity contribution in [2.24, 2.45) is 0 Å². The molecular weight excluding hydrogens is 397 g/mol. The predicted octanol–water partition coefficient (Wildman–Crippen LogP) is 4.43. The zero-order valence-corrected chi connectivity index (χ0v) is 15.8. The molecule has 0 radical (unpaired) electrons. The molecule has 7 heteroatoms. The molecule has 0 fully saturated rings. The fraction of sp³-hybridized carbons (Fsp3) is 0.0909. The molecule has 0 atom stereocenters. The van der Waals surface area contributed by atoms with E-state index in [9.17, 15) is 14.0 Å². The van der Waals surface area contributed by atoms with E-state index < -0.39 is 11.4 Å². The number of carbonyl (C=O) groups is 1. The number of halogens is 2. The molecule has 1 N–H and O–H groups in total. The highest BCUT2D eigenvalue weighted by molar-refractivity contribution is 6.30. The molecule has 5 nitrogen and oxygen atoms in total. The van der Waals surface area contributed by atoms with E-state index in [4.69, 9.17) is 20.8 Å². The van der Waals surface area contributed by atoms with Gasteiger partial charge in [-0.05, 0) is 47.3 Å². The van der Waals surface area contributed by atoms with Crippen molar-refractivity contribution in [2.45, 2.75) is 6.54 Å². The molecule has 0 unspecified atom stereocenters. The van der Waals surface area contributed by atoms with Crippen molar-refractivity contribution in [2.75, 3.05) is 6.61 Å². The average Bonchev–Trinajstić information content (AvgIpc) is 2.70. The average molecular weight is 412 g/mol. The minimum absolute atomic E-state index is 0.123. The Morgan fingerprint density at radius 3 is 2.62 bits per heavy atom. The van der Waals surface area contributed by atoms with Gasteiger partial charge < -0.3 is 14.5 Å². The standard InChI is InChI=1S/C22H15ClFNO4/c23-14-7-13(8-15(24)9-14)11-25-21(26)12-28-16-5-6-18-17-3-1-2-4-19(17)22(27)29-20(18)10-16/h1-10H,11-12H2,(H,25,26). The molecule has 0 aliphatic heterocycles. The van der Waals surface area contributed by atoms with E-state index in [-0.39, 0.29) is 24.1 Å². The minimum atomic E-state index is -0.469. The van der Waals surface area contributed by atoms with Crippen LogP contribution in [-0.2, 0) is 11.3 Å². The third-order valence-electron chi connectivity index (χ3n) is 4.37. The summed E-state index contributed by atoms with van der Waals surface area (Å²) >= 11 is 5.79. The molecule has 1 amide bonds. The molecule has 1 aromatic heterocycles.